The Morgan fingerprint density at radius 3 is 1.19 bits per heavy atom. The fourth-order valence-corrected chi connectivity index (χ4v) is 9.22. The quantitative estimate of drug-likeness (QED) is 0.126. The van der Waals surface area contributed by atoms with Crippen molar-refractivity contribution in [3.8, 4) is 55.9 Å². The first-order valence-corrected chi connectivity index (χ1v) is 24.0. The minimum atomic E-state index is 0.868. The zero-order valence-corrected chi connectivity index (χ0v) is 40.1. The largest absolute Gasteiger partial charge is 0.399 e. The standard InChI is InChI=1S/C54H36N2.C7H9N.C4H6.C2H6/c1-4-14-37(15-5-1)38-16-12-17-39(32-38)40-18-13-19-41(33-40)44-26-29-48-50-35-43(28-31-53(50)56(54(48)36-44)46-22-8-3-9-23-46)42-27-30-52-49(34-42)47-24-10-11-25-51(47)55(52)45-20-6-2-7-21-45;1-6-4-2-3-5-7(6)8;1-3-4-2;1-2/h1-36H;2-5H,8H2,1H3;3-4H,1-2H2;1-2H3. The number of aryl methyl sites for hydroxylation is 1. The van der Waals surface area contributed by atoms with Gasteiger partial charge in [-0.05, 0) is 136 Å². The van der Waals surface area contributed by atoms with Crippen LogP contribution in [-0.2, 0) is 0 Å². The third-order valence-corrected chi connectivity index (χ3v) is 12.7. The summed E-state index contributed by atoms with van der Waals surface area (Å²) in [6.07, 6.45) is 3.28. The normalized spacial score (nSPS) is 10.7. The fraction of sp³-hybridized carbons (Fsp3) is 0.0448. The molecule has 0 atom stereocenters. The van der Waals surface area contributed by atoms with Crippen molar-refractivity contribution in [2.75, 3.05) is 5.73 Å². The molecule has 0 saturated carbocycles. The summed E-state index contributed by atoms with van der Waals surface area (Å²) in [5.41, 5.74) is 24.3. The van der Waals surface area contributed by atoms with Crippen molar-refractivity contribution >= 4 is 49.3 Å². The lowest BCUT2D eigenvalue weighted by Crippen LogP contribution is -1.93. The van der Waals surface area contributed by atoms with Crippen LogP contribution < -0.4 is 5.73 Å². The summed E-state index contributed by atoms with van der Waals surface area (Å²) >= 11 is 0. The Labute approximate surface area is 412 Å². The molecule has 0 fully saturated rings. The maximum atomic E-state index is 5.52. The Hall–Kier alpha value is -8.92. The van der Waals surface area contributed by atoms with Crippen LogP contribution in [-0.4, -0.2) is 9.13 Å². The Balaban J connectivity index is 0.000000382. The molecule has 0 aliphatic carbocycles. The van der Waals surface area contributed by atoms with Crippen molar-refractivity contribution in [1.82, 2.24) is 9.13 Å². The maximum Gasteiger partial charge on any atom is 0.0547 e. The molecule has 340 valence electrons. The zero-order valence-electron chi connectivity index (χ0n) is 40.1. The molecule has 12 rings (SSSR count). The maximum absolute atomic E-state index is 5.52. The second-order valence-corrected chi connectivity index (χ2v) is 16.9. The third kappa shape index (κ3) is 9.47. The molecule has 0 radical (unpaired) electrons. The number of nitrogens with zero attached hydrogens (tertiary/aromatic N) is 2. The topological polar surface area (TPSA) is 35.9 Å². The van der Waals surface area contributed by atoms with Gasteiger partial charge in [-0.15, -0.1) is 0 Å². The predicted molar refractivity (Wildman–Crippen MR) is 304 cm³/mol. The van der Waals surface area contributed by atoms with Gasteiger partial charge in [-0.2, -0.15) is 0 Å². The van der Waals surface area contributed by atoms with Gasteiger partial charge in [0, 0.05) is 38.6 Å². The van der Waals surface area contributed by atoms with Crippen LogP contribution in [0.25, 0.3) is 99.5 Å². The van der Waals surface area contributed by atoms with E-state index in [-0.39, 0.29) is 0 Å². The van der Waals surface area contributed by atoms with E-state index in [4.69, 9.17) is 5.73 Å². The first-order valence-electron chi connectivity index (χ1n) is 24.0. The molecule has 0 unspecified atom stereocenters. The Morgan fingerprint density at radius 2 is 0.686 bits per heavy atom. The van der Waals surface area contributed by atoms with Crippen molar-refractivity contribution in [2.45, 2.75) is 20.8 Å². The molecular formula is C67H57N3. The van der Waals surface area contributed by atoms with Gasteiger partial charge in [0.05, 0.1) is 22.1 Å². The van der Waals surface area contributed by atoms with E-state index < -0.39 is 0 Å². The van der Waals surface area contributed by atoms with E-state index in [1.54, 1.807) is 12.2 Å². The molecule has 12 aromatic rings. The number of anilines is 1. The van der Waals surface area contributed by atoms with Crippen molar-refractivity contribution in [3.63, 3.8) is 0 Å². The van der Waals surface area contributed by atoms with E-state index >= 15 is 0 Å². The fourth-order valence-electron chi connectivity index (χ4n) is 9.22. The smallest absolute Gasteiger partial charge is 0.0547 e. The molecule has 2 heterocycles. The molecule has 0 bridgehead atoms. The molecular weight excluding hydrogens is 847 g/mol. The summed E-state index contributed by atoms with van der Waals surface area (Å²) in [7, 11) is 0. The van der Waals surface area contributed by atoms with Gasteiger partial charge in [-0.25, -0.2) is 0 Å². The van der Waals surface area contributed by atoms with Gasteiger partial charge in [0.15, 0.2) is 0 Å². The van der Waals surface area contributed by atoms with Gasteiger partial charge in [-0.3, -0.25) is 0 Å². The average molecular weight is 904 g/mol. The van der Waals surface area contributed by atoms with Gasteiger partial charge in [-0.1, -0.05) is 203 Å². The van der Waals surface area contributed by atoms with Crippen molar-refractivity contribution < 1.29 is 0 Å². The number of benzene rings is 10. The Kier molecular flexibility index (Phi) is 14.1. The molecule has 3 nitrogen and oxygen atoms in total. The van der Waals surface area contributed by atoms with Crippen LogP contribution in [0.3, 0.4) is 0 Å². The number of rotatable bonds is 7. The first-order chi connectivity index (χ1) is 34.5. The van der Waals surface area contributed by atoms with E-state index in [1.165, 1.54) is 93.8 Å². The third-order valence-electron chi connectivity index (χ3n) is 12.7. The molecule has 70 heavy (non-hydrogen) atoms. The van der Waals surface area contributed by atoms with Gasteiger partial charge >= 0.3 is 0 Å². The van der Waals surface area contributed by atoms with Crippen molar-refractivity contribution in [2.24, 2.45) is 0 Å². The monoisotopic (exact) mass is 903 g/mol. The summed E-state index contributed by atoms with van der Waals surface area (Å²) in [6.45, 7) is 12.7. The van der Waals surface area contributed by atoms with Crippen LogP contribution >= 0.6 is 0 Å². The van der Waals surface area contributed by atoms with Gasteiger partial charge in [0.25, 0.3) is 0 Å². The van der Waals surface area contributed by atoms with E-state index in [0.717, 1.165) is 16.9 Å². The molecule has 3 heteroatoms. The number of fused-ring (bicyclic) bond motifs is 6. The molecule has 10 aromatic carbocycles. The molecule has 0 aliphatic rings. The Bertz CT molecular complexity index is 3700. The number of aromatic nitrogens is 2. The van der Waals surface area contributed by atoms with Crippen LogP contribution in [0.15, 0.2) is 268 Å². The second-order valence-electron chi connectivity index (χ2n) is 16.9. The summed E-state index contributed by atoms with van der Waals surface area (Å²) in [5, 5.41) is 5.00. The highest BCUT2D eigenvalue weighted by Gasteiger charge is 2.17. The highest BCUT2D eigenvalue weighted by Crippen LogP contribution is 2.40. The zero-order chi connectivity index (χ0) is 48.4. The lowest BCUT2D eigenvalue weighted by molar-refractivity contribution is 1.18. The first kappa shape index (κ1) is 46.2. The molecule has 0 amide bonds. The van der Waals surface area contributed by atoms with Gasteiger partial charge in [0.1, 0.15) is 0 Å². The van der Waals surface area contributed by atoms with E-state index in [0.29, 0.717) is 0 Å². The van der Waals surface area contributed by atoms with Crippen LogP contribution in [0, 0.1) is 6.92 Å². The van der Waals surface area contributed by atoms with Crippen molar-refractivity contribution in [3.05, 3.63) is 274 Å². The highest BCUT2D eigenvalue weighted by atomic mass is 15.0. The number of hydrogen-bond donors (Lipinski definition) is 1. The molecule has 2 aromatic heterocycles. The molecule has 0 saturated heterocycles. The van der Waals surface area contributed by atoms with Crippen LogP contribution in [0.4, 0.5) is 5.69 Å². The van der Waals surface area contributed by atoms with Gasteiger partial charge in [0.2, 0.25) is 0 Å². The minimum absolute atomic E-state index is 0.868. The van der Waals surface area contributed by atoms with E-state index in [9.17, 15) is 0 Å². The van der Waals surface area contributed by atoms with Crippen LogP contribution in [0.2, 0.25) is 0 Å². The minimum Gasteiger partial charge on any atom is -0.399 e. The average Bonchev–Trinajstić information content (AvgIpc) is 3.95. The summed E-state index contributed by atoms with van der Waals surface area (Å²) in [4.78, 5) is 0. The number of para-hydroxylation sites is 4. The number of nitrogens with two attached hydrogens (primary N) is 1. The van der Waals surface area contributed by atoms with Crippen LogP contribution in [0.5, 0.6) is 0 Å². The van der Waals surface area contributed by atoms with Gasteiger partial charge < -0.3 is 14.9 Å². The SMILES string of the molecule is C=CC=C.CC.Cc1ccccc1N.c1ccc(-c2cccc(-c3cccc(-c4ccc5c6cc(-c7ccc8c(c7)c7ccccc7n8-c7ccccc7)ccc6n(-c6ccccc6)c5c4)c3)c2)cc1. The highest BCUT2D eigenvalue weighted by molar-refractivity contribution is 6.13. The summed E-state index contributed by atoms with van der Waals surface area (Å²) < 4.78 is 4.79. The second kappa shape index (κ2) is 21.4. The molecule has 2 N–H and O–H groups in total. The number of allylic oxidation sites excluding steroid dienone is 2. The van der Waals surface area contributed by atoms with E-state index in [1.807, 2.05) is 45.0 Å². The predicted octanol–water partition coefficient (Wildman–Crippen LogP) is 18.5. The number of hydrogen-bond acceptors (Lipinski definition) is 1. The summed E-state index contributed by atoms with van der Waals surface area (Å²) in [5.74, 6) is 0. The molecule has 0 aliphatic heterocycles. The summed E-state index contributed by atoms with van der Waals surface area (Å²) in [6, 6.07) is 87.2. The lowest BCUT2D eigenvalue weighted by atomic mass is 9.96. The van der Waals surface area contributed by atoms with Crippen molar-refractivity contribution in [1.29, 1.82) is 0 Å². The van der Waals surface area contributed by atoms with E-state index in [2.05, 4.69) is 241 Å². The number of nitrogen functional groups attached to an aromatic ring is 1. The lowest BCUT2D eigenvalue weighted by Gasteiger charge is -2.11. The Morgan fingerprint density at radius 1 is 0.314 bits per heavy atom. The molecule has 0 spiro atoms. The van der Waals surface area contributed by atoms with Crippen LogP contribution in [0.1, 0.15) is 19.4 Å².